The Morgan fingerprint density at radius 3 is 2.50 bits per heavy atom. The average molecular weight is 336 g/mol. The lowest BCUT2D eigenvalue weighted by Crippen LogP contribution is -2.46. The molecule has 126 valence electrons. The van der Waals surface area contributed by atoms with E-state index in [9.17, 15) is 18.4 Å². The number of anilines is 1. The molecule has 0 radical (unpaired) electrons. The lowest BCUT2D eigenvalue weighted by atomic mass is 10.1. The van der Waals surface area contributed by atoms with E-state index >= 15 is 0 Å². The highest BCUT2D eigenvalue weighted by Gasteiger charge is 2.31. The number of alkyl halides is 3. The van der Waals surface area contributed by atoms with Crippen molar-refractivity contribution >= 4 is 5.69 Å². The topological polar surface area (TPSA) is 56.3 Å². The van der Waals surface area contributed by atoms with Gasteiger partial charge in [-0.2, -0.15) is 18.4 Å². The molecule has 0 atom stereocenters. The van der Waals surface area contributed by atoms with Crippen molar-refractivity contribution in [3.63, 3.8) is 0 Å². The summed E-state index contributed by atoms with van der Waals surface area (Å²) in [5.41, 5.74) is 0.643. The van der Waals surface area contributed by atoms with Crippen molar-refractivity contribution in [2.75, 3.05) is 31.1 Å². The van der Waals surface area contributed by atoms with Crippen LogP contribution in [0.4, 0.5) is 18.9 Å². The van der Waals surface area contributed by atoms with E-state index in [4.69, 9.17) is 4.52 Å². The number of hydrogen-bond acceptors (Lipinski definition) is 5. The van der Waals surface area contributed by atoms with Crippen LogP contribution in [0.25, 0.3) is 0 Å². The van der Waals surface area contributed by atoms with E-state index in [1.807, 2.05) is 11.0 Å². The van der Waals surface area contributed by atoms with E-state index in [0.29, 0.717) is 25.3 Å². The molecule has 1 saturated heterocycles. The average Bonchev–Trinajstić information content (AvgIpc) is 3.07. The van der Waals surface area contributed by atoms with Crippen molar-refractivity contribution in [2.24, 2.45) is 0 Å². The summed E-state index contributed by atoms with van der Waals surface area (Å²) in [5.74, 6) is 0. The molecule has 0 spiro atoms. The number of nitrogens with zero attached hydrogens (tertiary/aromatic N) is 4. The smallest absolute Gasteiger partial charge is 0.368 e. The van der Waals surface area contributed by atoms with E-state index in [2.05, 4.69) is 10.1 Å². The first-order valence-corrected chi connectivity index (χ1v) is 7.45. The Morgan fingerprint density at radius 2 is 1.92 bits per heavy atom. The van der Waals surface area contributed by atoms with E-state index < -0.39 is 11.7 Å². The summed E-state index contributed by atoms with van der Waals surface area (Å²) < 4.78 is 43.1. The molecule has 5 nitrogen and oxygen atoms in total. The maximum atomic E-state index is 12.8. The summed E-state index contributed by atoms with van der Waals surface area (Å²) in [6.07, 6.45) is -2.92. The molecule has 24 heavy (non-hydrogen) atoms. The SMILES string of the molecule is N#Cc1cc(C(F)(F)F)ccc1N1CCN(Cc2ccon2)CC1. The normalized spacial score (nSPS) is 16.2. The molecule has 0 bridgehead atoms. The van der Waals surface area contributed by atoms with Gasteiger partial charge in [0.1, 0.15) is 12.3 Å². The molecule has 8 heteroatoms. The van der Waals surface area contributed by atoms with Gasteiger partial charge in [-0.1, -0.05) is 5.16 Å². The molecule has 0 unspecified atom stereocenters. The third kappa shape index (κ3) is 3.51. The molecule has 3 rings (SSSR count). The predicted molar refractivity (Wildman–Crippen MR) is 80.2 cm³/mol. The highest BCUT2D eigenvalue weighted by molar-refractivity contribution is 5.61. The second-order valence-corrected chi connectivity index (χ2v) is 5.60. The zero-order valence-electron chi connectivity index (χ0n) is 12.8. The van der Waals surface area contributed by atoms with Gasteiger partial charge in [-0.15, -0.1) is 0 Å². The van der Waals surface area contributed by atoms with Gasteiger partial charge in [0.05, 0.1) is 22.5 Å². The second kappa shape index (κ2) is 6.53. The van der Waals surface area contributed by atoms with Crippen molar-refractivity contribution in [3.8, 4) is 6.07 Å². The fourth-order valence-electron chi connectivity index (χ4n) is 2.77. The number of rotatable bonds is 3. The molecule has 0 aliphatic carbocycles. The van der Waals surface area contributed by atoms with Crippen LogP contribution in [0, 0.1) is 11.3 Å². The van der Waals surface area contributed by atoms with E-state index in [0.717, 1.165) is 30.9 Å². The van der Waals surface area contributed by atoms with Crippen molar-refractivity contribution in [1.29, 1.82) is 5.26 Å². The lowest BCUT2D eigenvalue weighted by Gasteiger charge is -2.36. The highest BCUT2D eigenvalue weighted by atomic mass is 19.4. The Kier molecular flexibility index (Phi) is 4.44. The second-order valence-electron chi connectivity index (χ2n) is 5.60. The molecule has 2 aromatic rings. The standard InChI is InChI=1S/C16H15F3N4O/c17-16(18,19)13-1-2-15(12(9-13)10-20)23-6-4-22(5-7-23)11-14-3-8-24-21-14/h1-3,8-9H,4-7,11H2. The van der Waals surface area contributed by atoms with Gasteiger partial charge in [0.2, 0.25) is 0 Å². The van der Waals surface area contributed by atoms with Crippen molar-refractivity contribution in [2.45, 2.75) is 12.7 Å². The molecule has 1 aromatic heterocycles. The monoisotopic (exact) mass is 336 g/mol. The van der Waals surface area contributed by atoms with Crippen LogP contribution in [0.3, 0.4) is 0 Å². The molecule has 1 aromatic carbocycles. The van der Waals surface area contributed by atoms with Crippen molar-refractivity contribution in [3.05, 3.63) is 47.3 Å². The van der Waals surface area contributed by atoms with Crippen LogP contribution >= 0.6 is 0 Å². The zero-order chi connectivity index (χ0) is 17.2. The van der Waals surface area contributed by atoms with E-state index in [1.165, 1.54) is 12.3 Å². The van der Waals surface area contributed by atoms with Crippen LogP contribution in [0.1, 0.15) is 16.8 Å². The molecule has 1 aliphatic rings. The fraction of sp³-hybridized carbons (Fsp3) is 0.375. The van der Waals surface area contributed by atoms with Crippen molar-refractivity contribution in [1.82, 2.24) is 10.1 Å². The molecule has 1 fully saturated rings. The Labute approximate surface area is 136 Å². The van der Waals surface area contributed by atoms with Gasteiger partial charge in [-0.05, 0) is 18.2 Å². The van der Waals surface area contributed by atoms with Crippen LogP contribution in [0.5, 0.6) is 0 Å². The number of nitriles is 1. The van der Waals surface area contributed by atoms with Gasteiger partial charge in [-0.3, -0.25) is 4.90 Å². The summed E-state index contributed by atoms with van der Waals surface area (Å²) in [7, 11) is 0. The Hall–Kier alpha value is -2.53. The number of hydrogen-bond donors (Lipinski definition) is 0. The molecule has 2 heterocycles. The van der Waals surface area contributed by atoms with Crippen molar-refractivity contribution < 1.29 is 17.7 Å². The highest BCUT2D eigenvalue weighted by Crippen LogP contribution is 2.33. The molecular weight excluding hydrogens is 321 g/mol. The summed E-state index contributed by atoms with van der Waals surface area (Å²) in [4.78, 5) is 4.13. The quantitative estimate of drug-likeness (QED) is 0.863. The molecule has 0 amide bonds. The Morgan fingerprint density at radius 1 is 1.17 bits per heavy atom. The molecule has 0 saturated carbocycles. The third-order valence-electron chi connectivity index (χ3n) is 4.03. The summed E-state index contributed by atoms with van der Waals surface area (Å²) in [6.45, 7) is 3.41. The minimum absolute atomic E-state index is 0.0507. The van der Waals surface area contributed by atoms with E-state index in [1.54, 1.807) is 6.07 Å². The predicted octanol–water partition coefficient (Wildman–Crippen LogP) is 2.89. The van der Waals surface area contributed by atoms with Gasteiger partial charge in [0.15, 0.2) is 0 Å². The number of aromatic nitrogens is 1. The number of benzene rings is 1. The van der Waals surface area contributed by atoms with Crippen LogP contribution in [0.2, 0.25) is 0 Å². The minimum Gasteiger partial charge on any atom is -0.368 e. The van der Waals surface area contributed by atoms with Crippen LogP contribution in [-0.2, 0) is 12.7 Å². The number of piperazine rings is 1. The van der Waals surface area contributed by atoms with Crippen LogP contribution < -0.4 is 4.90 Å². The largest absolute Gasteiger partial charge is 0.416 e. The summed E-state index contributed by atoms with van der Waals surface area (Å²) >= 11 is 0. The molecule has 1 aliphatic heterocycles. The first-order chi connectivity index (χ1) is 11.5. The summed E-state index contributed by atoms with van der Waals surface area (Å²) in [5, 5.41) is 13.1. The van der Waals surface area contributed by atoms with Crippen LogP contribution in [-0.4, -0.2) is 36.2 Å². The fourth-order valence-corrected chi connectivity index (χ4v) is 2.77. The number of halogens is 3. The molecular formula is C16H15F3N4O. The maximum Gasteiger partial charge on any atom is 0.416 e. The van der Waals surface area contributed by atoms with Gasteiger partial charge in [0, 0.05) is 38.8 Å². The zero-order valence-corrected chi connectivity index (χ0v) is 12.8. The van der Waals surface area contributed by atoms with Gasteiger partial charge in [-0.25, -0.2) is 0 Å². The molecule has 0 N–H and O–H groups in total. The minimum atomic E-state index is -4.44. The van der Waals surface area contributed by atoms with Gasteiger partial charge < -0.3 is 9.42 Å². The maximum absolute atomic E-state index is 12.8. The Bertz CT molecular complexity index is 729. The summed E-state index contributed by atoms with van der Waals surface area (Å²) in [6, 6.07) is 7.00. The first kappa shape index (κ1) is 16.3. The van der Waals surface area contributed by atoms with Gasteiger partial charge >= 0.3 is 6.18 Å². The third-order valence-corrected chi connectivity index (χ3v) is 4.03. The lowest BCUT2D eigenvalue weighted by molar-refractivity contribution is -0.137. The Balaban J connectivity index is 1.69. The van der Waals surface area contributed by atoms with E-state index in [-0.39, 0.29) is 5.56 Å². The first-order valence-electron chi connectivity index (χ1n) is 7.45. The van der Waals surface area contributed by atoms with Crippen LogP contribution in [0.15, 0.2) is 35.1 Å². The van der Waals surface area contributed by atoms with Gasteiger partial charge in [0.25, 0.3) is 0 Å².